The molecule has 6 atom stereocenters. The lowest BCUT2D eigenvalue weighted by atomic mass is 9.96. The summed E-state index contributed by atoms with van der Waals surface area (Å²) in [5.41, 5.74) is 5.90. The van der Waals surface area contributed by atoms with Crippen LogP contribution in [0.1, 0.15) is 106 Å². The molecule has 3 aliphatic heterocycles. The Balaban J connectivity index is 0.967. The van der Waals surface area contributed by atoms with Gasteiger partial charge < -0.3 is 24.5 Å². The molecule has 1 spiro atoms. The Hall–Kier alpha value is -4.81. The van der Waals surface area contributed by atoms with Gasteiger partial charge in [0, 0.05) is 41.9 Å². The minimum absolute atomic E-state index is 0.0262. The van der Waals surface area contributed by atoms with E-state index in [1.54, 1.807) is 69.4 Å². The highest BCUT2D eigenvalue weighted by Crippen LogP contribution is 2.53. The maximum Gasteiger partial charge on any atom is 0.323 e. The molecule has 312 valence electrons. The van der Waals surface area contributed by atoms with Crippen LogP contribution in [0.15, 0.2) is 89.9 Å². The fraction of sp³-hybridized carbons (Fsp3) is 0.467. The van der Waals surface area contributed by atoms with Crippen LogP contribution in [0.2, 0.25) is 0 Å². The molecule has 0 bridgehead atoms. The predicted octanol–water partition coefficient (Wildman–Crippen LogP) is 6.75. The topological polar surface area (TPSA) is 162 Å². The van der Waals surface area contributed by atoms with E-state index in [4.69, 9.17) is 9.26 Å². The van der Waals surface area contributed by atoms with Gasteiger partial charge in [-0.05, 0) is 118 Å². The number of pyridine rings is 1. The number of aromatic amines is 1. The molecule has 4 aliphatic rings. The van der Waals surface area contributed by atoms with E-state index in [9.17, 15) is 23.7 Å². The number of para-hydroxylation sites is 1. The molecule has 3 saturated heterocycles. The molecule has 4 N–H and O–H groups in total. The second kappa shape index (κ2) is 17.0. The molecule has 2 amide bonds. The largest absolute Gasteiger partial charge is 0.462 e. The standard InChI is InChI=1S/C45H55N6O7P/c1-29(2)57-44(55)30(3)49-59(56,58-38-10-5-4-6-11-38)28-31-13-14-32-15-16-34(24-35(32)23-31)42(53)47-39-12-8-7-9-37-17-18-40(51(37)43(39)54)48-50-27-36(26-45(50)20-21-45)33-19-22-46-41(52)25-33/h4-6,10-11,13-16,19,22-25,29-30,36-37,39-40,48H,7-9,12,17-18,20-21,26-28H2,1-3H3,(H,46,52)(H,47,53)(H,49,56)/t30-,36-,37-,39-,40-,59?/m0/s1. The monoisotopic (exact) mass is 822 g/mol. The van der Waals surface area contributed by atoms with Crippen LogP contribution >= 0.6 is 7.52 Å². The maximum absolute atomic E-state index is 14.5. The number of fused-ring (bicyclic) bond motifs is 2. The van der Waals surface area contributed by atoms with E-state index in [0.717, 1.165) is 74.2 Å². The van der Waals surface area contributed by atoms with Gasteiger partial charge in [0.15, 0.2) is 0 Å². The van der Waals surface area contributed by atoms with Crippen LogP contribution < -0.4 is 25.9 Å². The lowest BCUT2D eigenvalue weighted by Gasteiger charge is -2.38. The van der Waals surface area contributed by atoms with Crippen molar-refractivity contribution >= 4 is 36.1 Å². The van der Waals surface area contributed by atoms with Gasteiger partial charge >= 0.3 is 13.5 Å². The van der Waals surface area contributed by atoms with Crippen LogP contribution in [0.25, 0.3) is 10.8 Å². The van der Waals surface area contributed by atoms with Crippen molar-refractivity contribution in [3.05, 3.63) is 112 Å². The second-order valence-electron chi connectivity index (χ2n) is 17.1. The average molecular weight is 823 g/mol. The van der Waals surface area contributed by atoms with Gasteiger partial charge in [-0.3, -0.25) is 23.7 Å². The first kappa shape index (κ1) is 40.9. The summed E-state index contributed by atoms with van der Waals surface area (Å²) in [5.74, 6) is -0.270. The summed E-state index contributed by atoms with van der Waals surface area (Å²) in [6.45, 7) is 5.89. The number of carbonyl (C=O) groups is 3. The van der Waals surface area contributed by atoms with E-state index in [-0.39, 0.29) is 53.3 Å². The third kappa shape index (κ3) is 9.34. The number of ether oxygens (including phenoxy) is 1. The van der Waals surface area contributed by atoms with E-state index >= 15 is 0 Å². The van der Waals surface area contributed by atoms with Gasteiger partial charge in [0.2, 0.25) is 11.5 Å². The van der Waals surface area contributed by atoms with Gasteiger partial charge in [0.1, 0.15) is 17.8 Å². The lowest BCUT2D eigenvalue weighted by Crippen LogP contribution is -2.60. The van der Waals surface area contributed by atoms with Gasteiger partial charge in [0.25, 0.3) is 5.91 Å². The molecule has 59 heavy (non-hydrogen) atoms. The van der Waals surface area contributed by atoms with E-state index in [1.165, 1.54) is 0 Å². The number of nitrogens with one attached hydrogen (secondary N) is 4. The van der Waals surface area contributed by atoms with Gasteiger partial charge in [-0.2, -0.15) is 0 Å². The maximum atomic E-state index is 14.5. The van der Waals surface area contributed by atoms with E-state index in [0.29, 0.717) is 23.3 Å². The van der Waals surface area contributed by atoms with Crippen molar-refractivity contribution in [2.24, 2.45) is 0 Å². The van der Waals surface area contributed by atoms with Crippen molar-refractivity contribution in [3.8, 4) is 5.75 Å². The van der Waals surface area contributed by atoms with Crippen molar-refractivity contribution in [1.29, 1.82) is 0 Å². The highest BCUT2D eigenvalue weighted by Gasteiger charge is 2.56. The molecular weight excluding hydrogens is 768 g/mol. The molecule has 1 saturated carbocycles. The molecule has 13 nitrogen and oxygen atoms in total. The fourth-order valence-corrected chi connectivity index (χ4v) is 11.3. The van der Waals surface area contributed by atoms with Crippen LogP contribution in [0.4, 0.5) is 0 Å². The average Bonchev–Trinajstić information content (AvgIpc) is 3.75. The number of rotatable bonds is 13. The van der Waals surface area contributed by atoms with E-state index in [2.05, 4.69) is 25.8 Å². The van der Waals surface area contributed by atoms with Gasteiger partial charge in [0.05, 0.1) is 18.4 Å². The molecular formula is C45H55N6O7P. The normalized spacial score (nSPS) is 24.3. The first-order valence-electron chi connectivity index (χ1n) is 21.1. The van der Waals surface area contributed by atoms with E-state index < -0.39 is 25.6 Å². The zero-order valence-electron chi connectivity index (χ0n) is 34.0. The van der Waals surface area contributed by atoms with Gasteiger partial charge in [-0.15, -0.1) is 0 Å². The van der Waals surface area contributed by atoms with Crippen LogP contribution in [-0.4, -0.2) is 75.2 Å². The number of aromatic nitrogens is 1. The van der Waals surface area contributed by atoms with Crippen molar-refractivity contribution in [2.75, 3.05) is 6.54 Å². The Kier molecular flexibility index (Phi) is 11.8. The zero-order chi connectivity index (χ0) is 41.3. The number of esters is 1. The highest BCUT2D eigenvalue weighted by molar-refractivity contribution is 7.56. The van der Waals surface area contributed by atoms with Crippen LogP contribution in [0.3, 0.4) is 0 Å². The van der Waals surface area contributed by atoms with Gasteiger partial charge in [-0.1, -0.05) is 55.3 Å². The quantitative estimate of drug-likeness (QED) is 0.0839. The van der Waals surface area contributed by atoms with Crippen LogP contribution in [-0.2, 0) is 25.1 Å². The summed E-state index contributed by atoms with van der Waals surface area (Å²) in [6, 6.07) is 22.1. The third-order valence-corrected chi connectivity index (χ3v) is 14.4. The molecule has 14 heteroatoms. The second-order valence-corrected chi connectivity index (χ2v) is 19.2. The summed E-state index contributed by atoms with van der Waals surface area (Å²) in [6.07, 6.45) is 9.42. The summed E-state index contributed by atoms with van der Waals surface area (Å²) in [5, 5.41) is 10.0. The number of nitrogens with zero attached hydrogens (tertiary/aromatic N) is 2. The Morgan fingerprint density at radius 1 is 0.915 bits per heavy atom. The molecule has 0 radical (unpaired) electrons. The SMILES string of the molecule is CC(C)OC(=O)[C@H](C)NP(=O)(Cc1ccc2ccc(C(=O)N[C@H]3CCCC[C@H]4CC[C@@H](NN5C[C@@H](c6cc[nH]c(=O)c6)CC56CC6)N4C3=O)cc2c1)Oc1ccccc1. The molecule has 4 aromatic rings. The fourth-order valence-electron chi connectivity index (χ4n) is 9.22. The Morgan fingerprint density at radius 3 is 2.46 bits per heavy atom. The molecule has 1 unspecified atom stereocenters. The first-order valence-corrected chi connectivity index (χ1v) is 22.9. The lowest BCUT2D eigenvalue weighted by molar-refractivity contribution is -0.149. The molecule has 8 rings (SSSR count). The first-order chi connectivity index (χ1) is 28.4. The summed E-state index contributed by atoms with van der Waals surface area (Å²) in [4.78, 5) is 58.0. The van der Waals surface area contributed by atoms with Crippen LogP contribution in [0.5, 0.6) is 5.75 Å². The number of benzene rings is 3. The third-order valence-electron chi connectivity index (χ3n) is 12.3. The number of H-pyrrole nitrogens is 1. The molecule has 1 aliphatic carbocycles. The van der Waals surface area contributed by atoms with E-state index in [1.807, 2.05) is 41.3 Å². The van der Waals surface area contributed by atoms with Crippen molar-refractivity contribution < 1.29 is 28.2 Å². The Labute approximate surface area is 345 Å². The summed E-state index contributed by atoms with van der Waals surface area (Å²) in [7, 11) is -3.70. The molecule has 4 fully saturated rings. The number of hydrogen-bond donors (Lipinski definition) is 4. The minimum Gasteiger partial charge on any atom is -0.462 e. The van der Waals surface area contributed by atoms with Crippen molar-refractivity contribution in [3.63, 3.8) is 0 Å². The number of hydrogen-bond acceptors (Lipinski definition) is 9. The van der Waals surface area contributed by atoms with Crippen molar-refractivity contribution in [2.45, 2.75) is 127 Å². The smallest absolute Gasteiger partial charge is 0.323 e. The Morgan fingerprint density at radius 2 is 1.69 bits per heavy atom. The zero-order valence-corrected chi connectivity index (χ0v) is 34.9. The molecule has 1 aromatic heterocycles. The molecule has 3 aromatic carbocycles. The highest BCUT2D eigenvalue weighted by atomic mass is 31.2. The molecule has 4 heterocycles. The van der Waals surface area contributed by atoms with Crippen molar-refractivity contribution in [1.82, 2.24) is 30.7 Å². The minimum atomic E-state index is -3.70. The number of hydrazine groups is 1. The number of amides is 2. The van der Waals surface area contributed by atoms with Gasteiger partial charge in [-0.25, -0.2) is 15.5 Å². The predicted molar refractivity (Wildman–Crippen MR) is 226 cm³/mol. The van der Waals surface area contributed by atoms with Crippen LogP contribution in [0, 0.1) is 0 Å². The summed E-state index contributed by atoms with van der Waals surface area (Å²) >= 11 is 0. The summed E-state index contributed by atoms with van der Waals surface area (Å²) < 4.78 is 25.8. The Bertz CT molecular complexity index is 2300. The number of carbonyl (C=O) groups excluding carboxylic acids is 3.